The standard InChI is InChI=1S/C20H14BrN3O4S/c21-10-5-6-13-17(7-10)29-20(23-13)22-9-12-18-11-3-1-2-4-15(11)28-16(18)8-14(19(12)25)24(26)27/h5-9,25H,1-4H2/b22-9+. The fraction of sp³-hybridized carbons (Fsp3) is 0.200. The molecule has 29 heavy (non-hydrogen) atoms. The number of rotatable bonds is 3. The first-order valence-electron chi connectivity index (χ1n) is 9.06. The van der Waals surface area contributed by atoms with Gasteiger partial charge in [0.2, 0.25) is 10.9 Å². The van der Waals surface area contributed by atoms with Crippen LogP contribution in [0.15, 0.2) is 38.1 Å². The van der Waals surface area contributed by atoms with Gasteiger partial charge < -0.3 is 9.52 Å². The number of nitro benzene ring substituents is 1. The molecule has 0 radical (unpaired) electrons. The molecule has 0 atom stereocenters. The van der Waals surface area contributed by atoms with Crippen molar-refractivity contribution in [1.29, 1.82) is 0 Å². The highest BCUT2D eigenvalue weighted by Gasteiger charge is 2.27. The van der Waals surface area contributed by atoms with Crippen LogP contribution in [0, 0.1) is 10.1 Å². The third-order valence-electron chi connectivity index (χ3n) is 5.07. The van der Waals surface area contributed by atoms with Gasteiger partial charge >= 0.3 is 5.69 Å². The van der Waals surface area contributed by atoms with Gasteiger partial charge in [0.25, 0.3) is 0 Å². The van der Waals surface area contributed by atoms with Crippen LogP contribution < -0.4 is 0 Å². The number of hydrogen-bond acceptors (Lipinski definition) is 7. The van der Waals surface area contributed by atoms with Crippen molar-refractivity contribution in [2.24, 2.45) is 4.99 Å². The maximum atomic E-state index is 11.4. The highest BCUT2D eigenvalue weighted by molar-refractivity contribution is 9.10. The summed E-state index contributed by atoms with van der Waals surface area (Å²) in [5, 5.41) is 23.3. The van der Waals surface area contributed by atoms with Crippen LogP contribution in [0.2, 0.25) is 0 Å². The van der Waals surface area contributed by atoms with Gasteiger partial charge in [-0.3, -0.25) is 10.1 Å². The number of fused-ring (bicyclic) bond motifs is 4. The van der Waals surface area contributed by atoms with Gasteiger partial charge in [0.1, 0.15) is 11.3 Å². The minimum absolute atomic E-state index is 0.307. The number of aryl methyl sites for hydroxylation is 2. The van der Waals surface area contributed by atoms with E-state index >= 15 is 0 Å². The van der Waals surface area contributed by atoms with E-state index < -0.39 is 16.4 Å². The molecule has 1 aliphatic carbocycles. The summed E-state index contributed by atoms with van der Waals surface area (Å²) >= 11 is 4.84. The van der Waals surface area contributed by atoms with E-state index in [0.717, 1.165) is 51.7 Å². The lowest BCUT2D eigenvalue weighted by Crippen LogP contribution is -2.00. The number of hydrogen-bond donors (Lipinski definition) is 1. The first-order valence-corrected chi connectivity index (χ1v) is 10.7. The van der Waals surface area contributed by atoms with Crippen molar-refractivity contribution >= 4 is 65.5 Å². The molecule has 0 bridgehead atoms. The Morgan fingerprint density at radius 3 is 2.97 bits per heavy atom. The Morgan fingerprint density at radius 1 is 1.31 bits per heavy atom. The van der Waals surface area contributed by atoms with Gasteiger partial charge in [-0.15, -0.1) is 0 Å². The first-order chi connectivity index (χ1) is 14.0. The predicted molar refractivity (Wildman–Crippen MR) is 116 cm³/mol. The zero-order valence-corrected chi connectivity index (χ0v) is 17.4. The second-order valence-corrected chi connectivity index (χ2v) is 8.79. The van der Waals surface area contributed by atoms with Crippen LogP contribution in [0.1, 0.15) is 29.7 Å². The zero-order chi connectivity index (χ0) is 20.1. The lowest BCUT2D eigenvalue weighted by molar-refractivity contribution is -0.385. The number of nitro groups is 1. The molecule has 0 aliphatic heterocycles. The molecular weight excluding hydrogens is 458 g/mol. The molecule has 0 saturated heterocycles. The lowest BCUT2D eigenvalue weighted by atomic mass is 9.93. The molecule has 0 unspecified atom stereocenters. The van der Waals surface area contributed by atoms with Gasteiger partial charge in [-0.05, 0) is 37.5 Å². The molecule has 4 aromatic rings. The van der Waals surface area contributed by atoms with E-state index in [1.165, 1.54) is 23.6 Å². The first kappa shape index (κ1) is 18.3. The summed E-state index contributed by atoms with van der Waals surface area (Å²) in [6.45, 7) is 0. The lowest BCUT2D eigenvalue weighted by Gasteiger charge is -2.09. The van der Waals surface area contributed by atoms with Crippen LogP contribution in [0.5, 0.6) is 5.75 Å². The van der Waals surface area contributed by atoms with Gasteiger partial charge in [-0.25, -0.2) is 9.98 Å². The fourth-order valence-corrected chi connectivity index (χ4v) is 5.12. The smallest absolute Gasteiger partial charge is 0.315 e. The second kappa shape index (κ2) is 6.93. The summed E-state index contributed by atoms with van der Waals surface area (Å²) in [7, 11) is 0. The normalized spacial score (nSPS) is 14.1. The monoisotopic (exact) mass is 471 g/mol. The Hall–Kier alpha value is -2.78. The highest BCUT2D eigenvalue weighted by atomic mass is 79.9. The molecule has 2 aromatic heterocycles. The molecule has 5 rings (SSSR count). The highest BCUT2D eigenvalue weighted by Crippen LogP contribution is 2.42. The third kappa shape index (κ3) is 3.10. The second-order valence-electron chi connectivity index (χ2n) is 6.87. The molecule has 9 heteroatoms. The Morgan fingerprint density at radius 2 is 2.14 bits per heavy atom. The van der Waals surface area contributed by atoms with Crippen LogP contribution in [0.4, 0.5) is 10.8 Å². The maximum absolute atomic E-state index is 11.4. The van der Waals surface area contributed by atoms with E-state index in [0.29, 0.717) is 21.7 Å². The van der Waals surface area contributed by atoms with Crippen molar-refractivity contribution < 1.29 is 14.4 Å². The van der Waals surface area contributed by atoms with Crippen LogP contribution in [0.3, 0.4) is 0 Å². The quantitative estimate of drug-likeness (QED) is 0.222. The van der Waals surface area contributed by atoms with E-state index in [9.17, 15) is 15.2 Å². The molecule has 0 amide bonds. The fourth-order valence-electron chi connectivity index (χ4n) is 3.76. The Bertz CT molecular complexity index is 1320. The van der Waals surface area contributed by atoms with Gasteiger partial charge in [0.15, 0.2) is 0 Å². The molecule has 1 aliphatic rings. The number of aromatic hydroxyl groups is 1. The third-order valence-corrected chi connectivity index (χ3v) is 6.49. The minimum atomic E-state index is -0.608. The molecule has 0 spiro atoms. The van der Waals surface area contributed by atoms with Crippen molar-refractivity contribution in [3.05, 3.63) is 55.7 Å². The summed E-state index contributed by atoms with van der Waals surface area (Å²) in [6, 6.07) is 7.06. The molecule has 1 N–H and O–H groups in total. The summed E-state index contributed by atoms with van der Waals surface area (Å²) in [4.78, 5) is 19.7. The van der Waals surface area contributed by atoms with Crippen molar-refractivity contribution in [3.63, 3.8) is 0 Å². The number of nitrogens with zero attached hydrogens (tertiary/aromatic N) is 3. The van der Waals surface area contributed by atoms with E-state index in [4.69, 9.17) is 4.42 Å². The number of benzene rings is 2. The van der Waals surface area contributed by atoms with Crippen LogP contribution in [-0.2, 0) is 12.8 Å². The number of thiazole rings is 1. The van der Waals surface area contributed by atoms with Gasteiger partial charge in [0, 0.05) is 28.1 Å². The number of furan rings is 1. The molecule has 7 nitrogen and oxygen atoms in total. The molecule has 0 fully saturated rings. The average molecular weight is 472 g/mol. The minimum Gasteiger partial charge on any atom is -0.502 e. The molecule has 146 valence electrons. The Kier molecular flexibility index (Phi) is 4.36. The number of aliphatic imine (C=N–C) groups is 1. The van der Waals surface area contributed by atoms with Crippen molar-refractivity contribution in [1.82, 2.24) is 4.98 Å². The van der Waals surface area contributed by atoms with Crippen molar-refractivity contribution in [2.75, 3.05) is 0 Å². The maximum Gasteiger partial charge on any atom is 0.315 e. The summed E-state index contributed by atoms with van der Waals surface area (Å²) in [5.41, 5.74) is 2.15. The van der Waals surface area contributed by atoms with E-state index in [-0.39, 0.29) is 0 Å². The van der Waals surface area contributed by atoms with Crippen LogP contribution >= 0.6 is 27.3 Å². The van der Waals surface area contributed by atoms with Crippen molar-refractivity contribution in [2.45, 2.75) is 25.7 Å². The van der Waals surface area contributed by atoms with Crippen molar-refractivity contribution in [3.8, 4) is 5.75 Å². The molecule has 2 heterocycles. The van der Waals surface area contributed by atoms with Crippen LogP contribution in [0.25, 0.3) is 21.2 Å². The van der Waals surface area contributed by atoms with Gasteiger partial charge in [-0.2, -0.15) is 0 Å². The van der Waals surface area contributed by atoms with E-state index in [1.54, 1.807) is 0 Å². The average Bonchev–Trinajstić information content (AvgIpc) is 3.27. The number of phenolic OH excluding ortho intramolecular Hbond substituents is 1. The van der Waals surface area contributed by atoms with E-state index in [2.05, 4.69) is 25.9 Å². The van der Waals surface area contributed by atoms with Crippen LogP contribution in [-0.4, -0.2) is 21.2 Å². The van der Waals surface area contributed by atoms with Gasteiger partial charge in [-0.1, -0.05) is 27.3 Å². The summed E-state index contributed by atoms with van der Waals surface area (Å²) < 4.78 is 7.82. The molecule has 2 aromatic carbocycles. The number of aromatic nitrogens is 1. The molecule has 0 saturated carbocycles. The van der Waals surface area contributed by atoms with Gasteiger partial charge in [0.05, 0.1) is 26.8 Å². The Balaban J connectivity index is 1.69. The topological polar surface area (TPSA) is 102 Å². The number of phenols is 1. The molecular formula is C20H14BrN3O4S. The SMILES string of the molecule is O=[N+]([O-])c1cc2oc3c(c2c(/C=N/c2nc4ccc(Br)cc4s2)c1O)CCCC3. The largest absolute Gasteiger partial charge is 0.502 e. The summed E-state index contributed by atoms with van der Waals surface area (Å²) in [5.74, 6) is 0.440. The Labute approximate surface area is 177 Å². The summed E-state index contributed by atoms with van der Waals surface area (Å²) in [6.07, 6.45) is 5.10. The number of halogens is 1. The van der Waals surface area contributed by atoms with E-state index in [1.807, 2.05) is 18.2 Å². The predicted octanol–water partition coefficient (Wildman–Crippen LogP) is 6.05. The zero-order valence-electron chi connectivity index (χ0n) is 15.0.